The minimum absolute atomic E-state index is 0.110. The summed E-state index contributed by atoms with van der Waals surface area (Å²) in [6, 6.07) is 7.77. The Morgan fingerprint density at radius 1 is 1.32 bits per heavy atom. The third-order valence-corrected chi connectivity index (χ3v) is 3.44. The summed E-state index contributed by atoms with van der Waals surface area (Å²) in [6.07, 6.45) is 2.00. The molecule has 3 rings (SSSR count). The second-order valence-electron chi connectivity index (χ2n) is 5.01. The molecule has 1 aliphatic rings. The van der Waals surface area contributed by atoms with Crippen LogP contribution in [0.2, 0.25) is 0 Å². The maximum Gasteiger partial charge on any atom is 0.227 e. The number of aryl methyl sites for hydroxylation is 2. The van der Waals surface area contributed by atoms with Crippen LogP contribution in [0.25, 0.3) is 11.1 Å². The Balaban J connectivity index is 1.99. The third-order valence-electron chi connectivity index (χ3n) is 3.44. The van der Waals surface area contributed by atoms with Crippen LogP contribution in [-0.4, -0.2) is 11.1 Å². The maximum atomic E-state index is 11.9. The van der Waals surface area contributed by atoms with Gasteiger partial charge in [0.05, 0.1) is 5.69 Å². The van der Waals surface area contributed by atoms with Crippen LogP contribution in [0.4, 0.5) is 5.69 Å². The third kappa shape index (κ3) is 2.26. The Morgan fingerprint density at radius 3 is 2.68 bits per heavy atom. The highest BCUT2D eigenvalue weighted by Crippen LogP contribution is 2.35. The van der Waals surface area contributed by atoms with Gasteiger partial charge in [0.2, 0.25) is 5.91 Å². The number of carbonyl (C=O) groups is 1. The number of nitrogens with zero attached hydrogens (tertiary/aromatic N) is 1. The van der Waals surface area contributed by atoms with E-state index in [1.165, 1.54) is 0 Å². The summed E-state index contributed by atoms with van der Waals surface area (Å²) in [7, 11) is 0. The Hall–Kier alpha value is -2.10. The van der Waals surface area contributed by atoms with Gasteiger partial charge in [-0.15, -0.1) is 0 Å². The zero-order chi connectivity index (χ0) is 13.4. The summed E-state index contributed by atoms with van der Waals surface area (Å²) in [6.45, 7) is 3.79. The molecule has 0 unspecified atom stereocenters. The Kier molecular flexibility index (Phi) is 2.85. The molecule has 0 aliphatic heterocycles. The van der Waals surface area contributed by atoms with Crippen LogP contribution in [0.15, 0.2) is 28.8 Å². The van der Waals surface area contributed by atoms with Gasteiger partial charge in [0.15, 0.2) is 0 Å². The van der Waals surface area contributed by atoms with Crippen molar-refractivity contribution < 1.29 is 9.32 Å². The van der Waals surface area contributed by atoms with E-state index < -0.39 is 0 Å². The summed E-state index contributed by atoms with van der Waals surface area (Å²) >= 11 is 0. The van der Waals surface area contributed by atoms with E-state index in [2.05, 4.69) is 10.5 Å². The van der Waals surface area contributed by atoms with Gasteiger partial charge in [-0.25, -0.2) is 0 Å². The lowest BCUT2D eigenvalue weighted by Gasteiger charge is -2.10. The van der Waals surface area contributed by atoms with E-state index in [0.29, 0.717) is 0 Å². The van der Waals surface area contributed by atoms with Gasteiger partial charge in [-0.1, -0.05) is 23.4 Å². The molecule has 98 valence electrons. The van der Waals surface area contributed by atoms with Crippen molar-refractivity contribution in [2.24, 2.45) is 5.92 Å². The number of aromatic nitrogens is 1. The summed E-state index contributed by atoms with van der Waals surface area (Å²) in [5.41, 5.74) is 3.60. The minimum atomic E-state index is 0.110. The molecule has 1 heterocycles. The van der Waals surface area contributed by atoms with Crippen molar-refractivity contribution in [2.45, 2.75) is 26.7 Å². The highest BCUT2D eigenvalue weighted by molar-refractivity contribution is 5.98. The van der Waals surface area contributed by atoms with Crippen LogP contribution in [-0.2, 0) is 4.79 Å². The second-order valence-corrected chi connectivity index (χ2v) is 5.01. The van der Waals surface area contributed by atoms with E-state index in [-0.39, 0.29) is 11.8 Å². The topological polar surface area (TPSA) is 55.1 Å². The standard InChI is InChI=1S/C15H16N2O2/c1-9-14(10(2)19-17-9)12-5-3-4-6-13(12)16-15(18)11-7-8-11/h3-6,11H,7-8H2,1-2H3,(H,16,18). The van der Waals surface area contributed by atoms with Crippen LogP contribution in [0, 0.1) is 19.8 Å². The molecule has 4 nitrogen and oxygen atoms in total. The highest BCUT2D eigenvalue weighted by Gasteiger charge is 2.30. The predicted octanol–water partition coefficient (Wildman–Crippen LogP) is 3.31. The maximum absolute atomic E-state index is 11.9. The van der Waals surface area contributed by atoms with Crippen LogP contribution in [0.1, 0.15) is 24.3 Å². The Labute approximate surface area is 111 Å². The first-order valence-corrected chi connectivity index (χ1v) is 6.50. The zero-order valence-corrected chi connectivity index (χ0v) is 11.1. The molecular weight excluding hydrogens is 240 g/mol. The molecule has 0 atom stereocenters. The molecule has 2 aromatic rings. The lowest BCUT2D eigenvalue weighted by Crippen LogP contribution is -2.14. The molecule has 19 heavy (non-hydrogen) atoms. The van der Waals surface area contributed by atoms with Crippen molar-refractivity contribution in [1.82, 2.24) is 5.16 Å². The zero-order valence-electron chi connectivity index (χ0n) is 11.1. The average Bonchev–Trinajstić information content (AvgIpc) is 3.18. The van der Waals surface area contributed by atoms with Crippen molar-refractivity contribution in [1.29, 1.82) is 0 Å². The molecule has 1 aromatic carbocycles. The first kappa shape index (κ1) is 12.0. The smallest absolute Gasteiger partial charge is 0.227 e. The number of nitrogens with one attached hydrogen (secondary N) is 1. The molecule has 0 spiro atoms. The molecule has 1 amide bonds. The van der Waals surface area contributed by atoms with E-state index in [1.807, 2.05) is 38.1 Å². The first-order valence-electron chi connectivity index (χ1n) is 6.50. The molecule has 1 saturated carbocycles. The number of carbonyl (C=O) groups excluding carboxylic acids is 1. The Morgan fingerprint density at radius 2 is 2.05 bits per heavy atom. The number of anilines is 1. The van der Waals surface area contributed by atoms with E-state index in [1.54, 1.807) is 0 Å². The highest BCUT2D eigenvalue weighted by atomic mass is 16.5. The summed E-state index contributed by atoms with van der Waals surface area (Å²) in [4.78, 5) is 11.9. The second kappa shape index (κ2) is 4.53. The largest absolute Gasteiger partial charge is 0.361 e. The molecule has 1 fully saturated rings. The van der Waals surface area contributed by atoms with Crippen molar-refractivity contribution >= 4 is 11.6 Å². The van der Waals surface area contributed by atoms with E-state index in [4.69, 9.17) is 4.52 Å². The van der Waals surface area contributed by atoms with Crippen molar-refractivity contribution in [3.8, 4) is 11.1 Å². The molecule has 1 aliphatic carbocycles. The molecule has 1 N–H and O–H groups in total. The molecule has 0 saturated heterocycles. The molecule has 1 aromatic heterocycles. The fraction of sp³-hybridized carbons (Fsp3) is 0.333. The van der Waals surface area contributed by atoms with Crippen LogP contribution in [0.5, 0.6) is 0 Å². The molecule has 0 bridgehead atoms. The van der Waals surface area contributed by atoms with Gasteiger partial charge < -0.3 is 9.84 Å². The van der Waals surface area contributed by atoms with Gasteiger partial charge in [-0.3, -0.25) is 4.79 Å². The van der Waals surface area contributed by atoms with Crippen LogP contribution >= 0.6 is 0 Å². The van der Waals surface area contributed by atoms with Gasteiger partial charge in [0, 0.05) is 22.7 Å². The lowest BCUT2D eigenvalue weighted by molar-refractivity contribution is -0.117. The number of hydrogen-bond donors (Lipinski definition) is 1. The van der Waals surface area contributed by atoms with E-state index >= 15 is 0 Å². The van der Waals surface area contributed by atoms with Crippen LogP contribution in [0.3, 0.4) is 0 Å². The summed E-state index contributed by atoms with van der Waals surface area (Å²) in [5, 5.41) is 6.98. The fourth-order valence-electron chi connectivity index (χ4n) is 2.26. The number of para-hydroxylation sites is 1. The quantitative estimate of drug-likeness (QED) is 0.916. The summed E-state index contributed by atoms with van der Waals surface area (Å²) in [5.74, 6) is 1.07. The van der Waals surface area contributed by atoms with Gasteiger partial charge in [0.1, 0.15) is 5.76 Å². The van der Waals surface area contributed by atoms with Crippen molar-refractivity contribution in [3.63, 3.8) is 0 Å². The Bertz CT molecular complexity index is 607. The van der Waals surface area contributed by atoms with Crippen LogP contribution < -0.4 is 5.32 Å². The molecule has 0 radical (unpaired) electrons. The fourth-order valence-corrected chi connectivity index (χ4v) is 2.26. The van der Waals surface area contributed by atoms with Gasteiger partial charge >= 0.3 is 0 Å². The normalized spacial score (nSPS) is 14.4. The van der Waals surface area contributed by atoms with Gasteiger partial charge in [-0.05, 0) is 32.8 Å². The first-order chi connectivity index (χ1) is 9.16. The molecule has 4 heteroatoms. The van der Waals surface area contributed by atoms with Gasteiger partial charge in [0.25, 0.3) is 0 Å². The minimum Gasteiger partial charge on any atom is -0.361 e. The molecular formula is C15H16N2O2. The summed E-state index contributed by atoms with van der Waals surface area (Å²) < 4.78 is 5.21. The predicted molar refractivity (Wildman–Crippen MR) is 72.8 cm³/mol. The lowest BCUT2D eigenvalue weighted by atomic mass is 10.0. The number of amides is 1. The van der Waals surface area contributed by atoms with Gasteiger partial charge in [-0.2, -0.15) is 0 Å². The number of hydrogen-bond acceptors (Lipinski definition) is 3. The number of benzene rings is 1. The van der Waals surface area contributed by atoms with E-state index in [9.17, 15) is 4.79 Å². The SMILES string of the molecule is Cc1noc(C)c1-c1ccccc1NC(=O)C1CC1. The van der Waals surface area contributed by atoms with Crippen molar-refractivity contribution in [3.05, 3.63) is 35.7 Å². The monoisotopic (exact) mass is 256 g/mol. The van der Waals surface area contributed by atoms with E-state index in [0.717, 1.165) is 41.1 Å². The number of rotatable bonds is 3. The van der Waals surface area contributed by atoms with Crippen molar-refractivity contribution in [2.75, 3.05) is 5.32 Å². The average molecular weight is 256 g/mol.